The quantitative estimate of drug-likeness (QED) is 0.551. The highest BCUT2D eigenvalue weighted by molar-refractivity contribution is 5.96. The van der Waals surface area contributed by atoms with Crippen LogP contribution < -0.4 is 30.0 Å². The molecule has 0 aromatic heterocycles. The number of nitrogens with one attached hydrogen (secondary N) is 1. The molecule has 0 saturated heterocycles. The Bertz CT molecular complexity index is 899. The van der Waals surface area contributed by atoms with Gasteiger partial charge < -0.3 is 30.0 Å². The second-order valence-corrected chi connectivity index (χ2v) is 7.48. The molecule has 2 aromatic carbocycles. The maximum Gasteiger partial charge on any atom is 0.241 e. The van der Waals surface area contributed by atoms with Crippen LogP contribution in [0.2, 0.25) is 0 Å². The maximum atomic E-state index is 12.5. The average Bonchev–Trinajstić information content (AvgIpc) is 2.76. The van der Waals surface area contributed by atoms with Crippen molar-refractivity contribution in [3.8, 4) is 23.0 Å². The summed E-state index contributed by atoms with van der Waals surface area (Å²) in [5, 5.41) is 2.88. The second kappa shape index (κ2) is 11.3. The summed E-state index contributed by atoms with van der Waals surface area (Å²) in [6.07, 6.45) is 4.45. The molecule has 1 atom stereocenters. The summed E-state index contributed by atoms with van der Waals surface area (Å²) in [5.74, 6) is 2.34. The monoisotopic (exact) mass is 428 g/mol. The molecule has 2 aromatic rings. The van der Waals surface area contributed by atoms with Gasteiger partial charge in [-0.05, 0) is 47.7 Å². The van der Waals surface area contributed by atoms with Gasteiger partial charge in [-0.2, -0.15) is 0 Å². The fourth-order valence-corrected chi connectivity index (χ4v) is 3.16. The van der Waals surface area contributed by atoms with Gasteiger partial charge in [0, 0.05) is 0 Å². The zero-order valence-electron chi connectivity index (χ0n) is 19.0. The molecule has 0 saturated carbocycles. The van der Waals surface area contributed by atoms with E-state index in [1.165, 1.54) is 0 Å². The molecule has 0 unspecified atom stereocenters. The molecule has 3 N–H and O–H groups in total. The average molecular weight is 429 g/mol. The Morgan fingerprint density at radius 3 is 2.00 bits per heavy atom. The summed E-state index contributed by atoms with van der Waals surface area (Å²) in [7, 11) is 6.28. The summed E-state index contributed by atoms with van der Waals surface area (Å²) in [5.41, 5.74) is 8.32. The highest BCUT2D eigenvalue weighted by Gasteiger charge is 2.17. The lowest BCUT2D eigenvalue weighted by Gasteiger charge is -2.16. The Hall–Kier alpha value is -3.19. The number of ether oxygens (including phenoxy) is 4. The van der Waals surface area contributed by atoms with Gasteiger partial charge in [-0.25, -0.2) is 0 Å². The van der Waals surface area contributed by atoms with Crippen LogP contribution in [0.15, 0.2) is 30.3 Å². The summed E-state index contributed by atoms with van der Waals surface area (Å²) < 4.78 is 21.5. The summed E-state index contributed by atoms with van der Waals surface area (Å²) >= 11 is 0. The van der Waals surface area contributed by atoms with Gasteiger partial charge in [0.15, 0.2) is 11.5 Å². The third-order valence-corrected chi connectivity index (χ3v) is 4.70. The van der Waals surface area contributed by atoms with E-state index in [4.69, 9.17) is 24.7 Å². The third-order valence-electron chi connectivity index (χ3n) is 4.70. The number of hydrogen-bond donors (Lipinski definition) is 2. The van der Waals surface area contributed by atoms with Crippen LogP contribution in [0.1, 0.15) is 31.4 Å². The first-order chi connectivity index (χ1) is 14.8. The Kier molecular flexibility index (Phi) is 8.75. The second-order valence-electron chi connectivity index (χ2n) is 7.48. The van der Waals surface area contributed by atoms with Crippen molar-refractivity contribution >= 4 is 23.7 Å². The van der Waals surface area contributed by atoms with Crippen molar-refractivity contribution in [3.63, 3.8) is 0 Å². The lowest BCUT2D eigenvalue weighted by atomic mass is 10.0. The Balaban J connectivity index is 2.29. The molecule has 0 bridgehead atoms. The van der Waals surface area contributed by atoms with E-state index in [0.717, 1.165) is 11.1 Å². The first kappa shape index (κ1) is 24.1. The van der Waals surface area contributed by atoms with E-state index in [-0.39, 0.29) is 5.91 Å². The molecule has 31 heavy (non-hydrogen) atoms. The highest BCUT2D eigenvalue weighted by atomic mass is 16.5. The van der Waals surface area contributed by atoms with Crippen LogP contribution in [-0.4, -0.2) is 40.4 Å². The van der Waals surface area contributed by atoms with Crippen LogP contribution in [0.4, 0.5) is 5.69 Å². The standard InChI is InChI=1S/C24H32N2O5/c1-15(2)11-18(25)24(27)26-19-12-16(9-10-20(19)28-3)7-8-17-13-21(29-4)23(31-6)22(14-17)30-5/h7-10,12-15,18H,11,25H2,1-6H3,(H,26,27)/b8-7-/t18-/m0/s1. The summed E-state index contributed by atoms with van der Waals surface area (Å²) in [4.78, 5) is 12.5. The molecule has 0 radical (unpaired) electrons. The molecular formula is C24H32N2O5. The van der Waals surface area contributed by atoms with E-state index >= 15 is 0 Å². The molecule has 0 aliphatic rings. The molecule has 7 heteroatoms. The van der Waals surface area contributed by atoms with Crippen molar-refractivity contribution in [2.45, 2.75) is 26.3 Å². The van der Waals surface area contributed by atoms with E-state index in [1.807, 2.05) is 50.3 Å². The first-order valence-corrected chi connectivity index (χ1v) is 10.1. The molecule has 168 valence electrons. The molecule has 0 spiro atoms. The van der Waals surface area contributed by atoms with Crippen molar-refractivity contribution in [3.05, 3.63) is 41.5 Å². The maximum absolute atomic E-state index is 12.5. The first-order valence-electron chi connectivity index (χ1n) is 10.1. The molecule has 0 fully saturated rings. The minimum absolute atomic E-state index is 0.238. The molecular weight excluding hydrogens is 396 g/mol. The number of amides is 1. The van der Waals surface area contributed by atoms with Gasteiger partial charge in [0.2, 0.25) is 11.7 Å². The Morgan fingerprint density at radius 1 is 0.903 bits per heavy atom. The topological polar surface area (TPSA) is 92.0 Å². The molecule has 7 nitrogen and oxygen atoms in total. The van der Waals surface area contributed by atoms with Crippen LogP contribution in [0.25, 0.3) is 12.2 Å². The number of anilines is 1. The van der Waals surface area contributed by atoms with E-state index in [2.05, 4.69) is 5.32 Å². The minimum Gasteiger partial charge on any atom is -0.495 e. The van der Waals surface area contributed by atoms with E-state index in [0.29, 0.717) is 41.0 Å². The van der Waals surface area contributed by atoms with E-state index in [9.17, 15) is 4.79 Å². The van der Waals surface area contributed by atoms with Crippen molar-refractivity contribution in [1.29, 1.82) is 0 Å². The highest BCUT2D eigenvalue weighted by Crippen LogP contribution is 2.38. The van der Waals surface area contributed by atoms with Crippen LogP contribution >= 0.6 is 0 Å². The zero-order chi connectivity index (χ0) is 23.0. The lowest BCUT2D eigenvalue weighted by molar-refractivity contribution is -0.117. The number of carbonyl (C=O) groups is 1. The fraction of sp³-hybridized carbons (Fsp3) is 0.375. The zero-order valence-corrected chi connectivity index (χ0v) is 19.0. The van der Waals surface area contributed by atoms with E-state index in [1.54, 1.807) is 34.5 Å². The van der Waals surface area contributed by atoms with Gasteiger partial charge in [-0.15, -0.1) is 0 Å². The van der Waals surface area contributed by atoms with Crippen LogP contribution in [0, 0.1) is 5.92 Å². The molecule has 0 heterocycles. The van der Waals surface area contributed by atoms with Crippen LogP contribution in [0.5, 0.6) is 23.0 Å². The van der Waals surface area contributed by atoms with E-state index < -0.39 is 6.04 Å². The fourth-order valence-electron chi connectivity index (χ4n) is 3.16. The van der Waals surface area contributed by atoms with Crippen molar-refractivity contribution < 1.29 is 23.7 Å². The summed E-state index contributed by atoms with van der Waals surface area (Å²) in [6, 6.07) is 8.68. The number of methoxy groups -OCH3 is 4. The third kappa shape index (κ3) is 6.39. The number of benzene rings is 2. The lowest BCUT2D eigenvalue weighted by Crippen LogP contribution is -2.36. The van der Waals surface area contributed by atoms with Crippen molar-refractivity contribution in [1.82, 2.24) is 0 Å². The van der Waals surface area contributed by atoms with Gasteiger partial charge in [0.1, 0.15) is 5.75 Å². The molecule has 1 amide bonds. The van der Waals surface area contributed by atoms with Crippen molar-refractivity contribution in [2.75, 3.05) is 33.8 Å². The van der Waals surface area contributed by atoms with Crippen molar-refractivity contribution in [2.24, 2.45) is 11.7 Å². The molecule has 0 aliphatic heterocycles. The molecule has 0 aliphatic carbocycles. The Labute approximate surface area is 184 Å². The largest absolute Gasteiger partial charge is 0.495 e. The van der Waals surface area contributed by atoms with Gasteiger partial charge in [-0.1, -0.05) is 32.1 Å². The smallest absolute Gasteiger partial charge is 0.241 e. The van der Waals surface area contributed by atoms with Crippen LogP contribution in [0.3, 0.4) is 0 Å². The van der Waals surface area contributed by atoms with Gasteiger partial charge >= 0.3 is 0 Å². The van der Waals surface area contributed by atoms with Gasteiger partial charge in [0.25, 0.3) is 0 Å². The van der Waals surface area contributed by atoms with Gasteiger partial charge in [-0.3, -0.25) is 4.79 Å². The normalized spacial score (nSPS) is 12.0. The molecule has 2 rings (SSSR count). The summed E-state index contributed by atoms with van der Waals surface area (Å²) in [6.45, 7) is 4.06. The Morgan fingerprint density at radius 2 is 1.48 bits per heavy atom. The minimum atomic E-state index is -0.580. The van der Waals surface area contributed by atoms with Gasteiger partial charge in [0.05, 0.1) is 40.2 Å². The predicted molar refractivity (Wildman–Crippen MR) is 124 cm³/mol. The van der Waals surface area contributed by atoms with Crippen LogP contribution in [-0.2, 0) is 4.79 Å². The number of nitrogens with two attached hydrogens (primary N) is 1. The predicted octanol–water partition coefficient (Wildman–Crippen LogP) is 4.20. The number of rotatable bonds is 10. The number of hydrogen-bond acceptors (Lipinski definition) is 6. The number of carbonyl (C=O) groups excluding carboxylic acids is 1. The SMILES string of the molecule is COc1ccc(/C=C\c2cc(OC)c(OC)c(OC)c2)cc1NC(=O)[C@@H](N)CC(C)C.